The first kappa shape index (κ1) is 13.1. The Bertz CT molecular complexity index is 523. The smallest absolute Gasteiger partial charge is 0.336 e. The van der Waals surface area contributed by atoms with Gasteiger partial charge in [0.15, 0.2) is 0 Å². The molecule has 1 fully saturated rings. The lowest BCUT2D eigenvalue weighted by Gasteiger charge is -2.17. The van der Waals surface area contributed by atoms with E-state index in [4.69, 9.17) is 0 Å². The number of carbonyl (C=O) groups is 2. The molecule has 3 amide bonds. The number of rotatable bonds is 3. The Morgan fingerprint density at radius 3 is 2.32 bits per heavy atom. The van der Waals surface area contributed by atoms with Gasteiger partial charge in [0.05, 0.1) is 5.69 Å². The van der Waals surface area contributed by atoms with E-state index in [2.05, 4.69) is 0 Å². The molecule has 1 aliphatic heterocycles. The summed E-state index contributed by atoms with van der Waals surface area (Å²) in [6.07, 6.45) is 1.67. The lowest BCUT2D eigenvalue weighted by molar-refractivity contribution is -0.122. The van der Waals surface area contributed by atoms with Gasteiger partial charge in [-0.05, 0) is 19.1 Å². The third-order valence-corrected chi connectivity index (χ3v) is 2.84. The van der Waals surface area contributed by atoms with Crippen molar-refractivity contribution in [2.45, 2.75) is 6.92 Å². The fourth-order valence-corrected chi connectivity index (χ4v) is 2.01. The Labute approximate surface area is 112 Å². The molecule has 19 heavy (non-hydrogen) atoms. The van der Waals surface area contributed by atoms with Crippen LogP contribution in [0.3, 0.4) is 0 Å². The number of amides is 3. The van der Waals surface area contributed by atoms with Crippen LogP contribution in [0.4, 0.5) is 10.5 Å². The van der Waals surface area contributed by atoms with E-state index in [1.807, 2.05) is 44.4 Å². The van der Waals surface area contributed by atoms with Crippen molar-refractivity contribution in [1.82, 2.24) is 9.80 Å². The third kappa shape index (κ3) is 2.31. The van der Waals surface area contributed by atoms with E-state index >= 15 is 0 Å². The molecule has 2 rings (SSSR count). The molecule has 1 heterocycles. The van der Waals surface area contributed by atoms with E-state index < -0.39 is 0 Å². The highest BCUT2D eigenvalue weighted by atomic mass is 16.2. The maximum atomic E-state index is 12.3. The van der Waals surface area contributed by atoms with Crippen molar-refractivity contribution < 1.29 is 9.59 Å². The molecule has 0 bridgehead atoms. The van der Waals surface area contributed by atoms with Gasteiger partial charge in [0.1, 0.15) is 5.70 Å². The number of anilines is 1. The number of benzene rings is 1. The van der Waals surface area contributed by atoms with Crippen molar-refractivity contribution in [3.63, 3.8) is 0 Å². The maximum Gasteiger partial charge on any atom is 0.336 e. The highest BCUT2D eigenvalue weighted by Crippen LogP contribution is 2.28. The lowest BCUT2D eigenvalue weighted by atomic mass is 10.3. The zero-order valence-electron chi connectivity index (χ0n) is 11.3. The molecule has 1 aromatic rings. The molecule has 1 aromatic carbocycles. The van der Waals surface area contributed by atoms with E-state index in [-0.39, 0.29) is 11.9 Å². The standard InChI is InChI=1S/C14H17N3O2/c1-4-16-13(18)12(10-15(2)3)17(14(16)19)11-8-6-5-7-9-11/h5-10H,4H2,1-3H3. The van der Waals surface area contributed by atoms with Crippen LogP contribution in [-0.2, 0) is 4.79 Å². The molecule has 0 unspecified atom stereocenters. The number of imide groups is 1. The molecule has 100 valence electrons. The SMILES string of the molecule is CCN1C(=O)C(=CN(C)C)N(c2ccccc2)C1=O. The van der Waals surface area contributed by atoms with Crippen LogP contribution < -0.4 is 4.90 Å². The zero-order chi connectivity index (χ0) is 14.0. The monoisotopic (exact) mass is 259 g/mol. The van der Waals surface area contributed by atoms with Gasteiger partial charge in [-0.1, -0.05) is 18.2 Å². The van der Waals surface area contributed by atoms with E-state index in [1.54, 1.807) is 18.0 Å². The molecule has 0 atom stereocenters. The molecular weight excluding hydrogens is 242 g/mol. The van der Waals surface area contributed by atoms with Gasteiger partial charge in [-0.2, -0.15) is 0 Å². The van der Waals surface area contributed by atoms with Crippen LogP contribution in [0.25, 0.3) is 0 Å². The Balaban J connectivity index is 2.49. The first-order chi connectivity index (χ1) is 9.06. The van der Waals surface area contributed by atoms with Crippen molar-refractivity contribution in [3.8, 4) is 0 Å². The molecule has 5 nitrogen and oxygen atoms in total. The predicted octanol–water partition coefficient (Wildman–Crippen LogP) is 1.88. The summed E-state index contributed by atoms with van der Waals surface area (Å²) in [4.78, 5) is 29.0. The van der Waals surface area contributed by atoms with Gasteiger partial charge >= 0.3 is 6.03 Å². The summed E-state index contributed by atoms with van der Waals surface area (Å²) in [5, 5.41) is 0. The molecule has 1 saturated heterocycles. The minimum absolute atomic E-state index is 0.259. The van der Waals surface area contributed by atoms with Gasteiger partial charge in [0.25, 0.3) is 5.91 Å². The molecule has 5 heteroatoms. The molecule has 0 spiro atoms. The van der Waals surface area contributed by atoms with Crippen LogP contribution in [0.2, 0.25) is 0 Å². The molecule has 0 saturated carbocycles. The minimum Gasteiger partial charge on any atom is -0.382 e. The van der Waals surface area contributed by atoms with Gasteiger partial charge in [0.2, 0.25) is 0 Å². The molecule has 1 aliphatic rings. The first-order valence-corrected chi connectivity index (χ1v) is 6.15. The van der Waals surface area contributed by atoms with Gasteiger partial charge in [-0.3, -0.25) is 14.6 Å². The third-order valence-electron chi connectivity index (χ3n) is 2.84. The lowest BCUT2D eigenvalue weighted by Crippen LogP contribution is -2.32. The van der Waals surface area contributed by atoms with E-state index in [1.165, 1.54) is 9.80 Å². The number of likely N-dealkylation sites (N-methyl/N-ethyl adjacent to an activating group) is 1. The quantitative estimate of drug-likeness (QED) is 0.615. The second-order valence-electron chi connectivity index (χ2n) is 4.48. The number of carbonyl (C=O) groups excluding carboxylic acids is 2. The number of urea groups is 1. The normalized spacial score (nSPS) is 17.5. The summed E-state index contributed by atoms with van der Waals surface area (Å²) >= 11 is 0. The van der Waals surface area contributed by atoms with Crippen molar-refractivity contribution in [2.75, 3.05) is 25.5 Å². The van der Waals surface area contributed by atoms with Crippen LogP contribution in [0, 0.1) is 0 Å². The van der Waals surface area contributed by atoms with Crippen LogP contribution in [0.1, 0.15) is 6.92 Å². The van der Waals surface area contributed by atoms with Crippen LogP contribution in [0.5, 0.6) is 0 Å². The van der Waals surface area contributed by atoms with Gasteiger partial charge in [-0.15, -0.1) is 0 Å². The summed E-state index contributed by atoms with van der Waals surface area (Å²) in [6, 6.07) is 8.89. The average Bonchev–Trinajstić information content (AvgIpc) is 2.61. The van der Waals surface area contributed by atoms with E-state index in [0.29, 0.717) is 17.9 Å². The summed E-state index contributed by atoms with van der Waals surface area (Å²) < 4.78 is 0. The highest BCUT2D eigenvalue weighted by Gasteiger charge is 2.41. The van der Waals surface area contributed by atoms with Crippen LogP contribution in [0.15, 0.2) is 42.2 Å². The highest BCUT2D eigenvalue weighted by molar-refractivity contribution is 6.21. The van der Waals surface area contributed by atoms with Crippen LogP contribution in [-0.4, -0.2) is 42.4 Å². The average molecular weight is 259 g/mol. The van der Waals surface area contributed by atoms with Crippen molar-refractivity contribution in [3.05, 3.63) is 42.2 Å². The first-order valence-electron chi connectivity index (χ1n) is 6.15. The predicted molar refractivity (Wildman–Crippen MR) is 73.5 cm³/mol. The number of hydrogen-bond donors (Lipinski definition) is 0. The fraction of sp³-hybridized carbons (Fsp3) is 0.286. The second kappa shape index (κ2) is 5.14. The topological polar surface area (TPSA) is 43.9 Å². The number of nitrogens with zero attached hydrogens (tertiary/aromatic N) is 3. The molecular formula is C14H17N3O2. The number of hydrogen-bond acceptors (Lipinski definition) is 3. The van der Waals surface area contributed by atoms with E-state index in [9.17, 15) is 9.59 Å². The van der Waals surface area contributed by atoms with Gasteiger partial charge in [0, 0.05) is 26.8 Å². The summed E-state index contributed by atoms with van der Waals surface area (Å²) in [7, 11) is 3.64. The molecule has 0 radical (unpaired) electrons. The Kier molecular flexibility index (Phi) is 3.55. The number of para-hydroxylation sites is 1. The van der Waals surface area contributed by atoms with Crippen LogP contribution >= 0.6 is 0 Å². The Hall–Kier alpha value is -2.30. The largest absolute Gasteiger partial charge is 0.382 e. The van der Waals surface area contributed by atoms with Crippen molar-refractivity contribution in [1.29, 1.82) is 0 Å². The van der Waals surface area contributed by atoms with Crippen molar-refractivity contribution in [2.24, 2.45) is 0 Å². The van der Waals surface area contributed by atoms with Gasteiger partial charge < -0.3 is 4.90 Å². The van der Waals surface area contributed by atoms with E-state index in [0.717, 1.165) is 0 Å². The van der Waals surface area contributed by atoms with Gasteiger partial charge in [-0.25, -0.2) is 4.79 Å². The molecule has 0 aliphatic carbocycles. The molecule has 0 aromatic heterocycles. The summed E-state index contributed by atoms with van der Waals surface area (Å²) in [5.74, 6) is -0.259. The molecule has 0 N–H and O–H groups in total. The fourth-order valence-electron chi connectivity index (χ4n) is 2.01. The summed E-state index contributed by atoms with van der Waals surface area (Å²) in [5.41, 5.74) is 1.08. The zero-order valence-corrected chi connectivity index (χ0v) is 11.3. The van der Waals surface area contributed by atoms with Crippen molar-refractivity contribution >= 4 is 17.6 Å². The second-order valence-corrected chi connectivity index (χ2v) is 4.48. The Morgan fingerprint density at radius 2 is 1.79 bits per heavy atom. The minimum atomic E-state index is -0.299. The Morgan fingerprint density at radius 1 is 1.16 bits per heavy atom. The summed E-state index contributed by atoms with van der Waals surface area (Å²) in [6.45, 7) is 2.16. The maximum absolute atomic E-state index is 12.3.